The first-order chi connectivity index (χ1) is 40.5. The third-order valence-electron chi connectivity index (χ3n) is 14.6. The lowest BCUT2D eigenvalue weighted by atomic mass is 9.96. The average molecular weight is 1230 g/mol. The molecular weight excluding hydrogens is 1160 g/mol. The van der Waals surface area contributed by atoms with Gasteiger partial charge in [0.25, 0.3) is 0 Å². The fourth-order valence-electron chi connectivity index (χ4n) is 9.97. The number of hydrogen-bond donors (Lipinski definition) is 16. The van der Waals surface area contributed by atoms with Crippen molar-refractivity contribution in [2.75, 3.05) is 19.7 Å². The fraction of sp³-hybridized carbons (Fsp3) is 0.491. The average Bonchev–Trinajstić information content (AvgIpc) is 1.70. The van der Waals surface area contributed by atoms with Crippen LogP contribution in [0.25, 0.3) is 17.2 Å². The maximum Gasteiger partial charge on any atom is 0.446 e. The third-order valence-corrected chi connectivity index (χ3v) is 15.0. The van der Waals surface area contributed by atoms with E-state index in [0.717, 1.165) is 55.5 Å². The SMILES string of the molecule is CCCCCOc1ccc(-c2ccc(/C=C/C(=O)N[C@@H]3C[C@@H](O)[C@@H](O)NC(=O)[C@@H]4[C@@H](O)[C@@H](C)CN4C(=O)[C@H]([C@H](O)CC(N)=O)NC(=O)[C@H]([C@H](O)[C@@H](O)c4ccc(O)c(OS(=O)(=O)O)c4)NC(=O)[C@@H]4C[C@@H](O)CN4C(=O)C([C@@H](C)O)NC3=O)cc2)cc1. The van der Waals surface area contributed by atoms with Crippen LogP contribution in [-0.2, 0) is 48.8 Å². The van der Waals surface area contributed by atoms with Crippen molar-refractivity contribution in [3.05, 3.63) is 83.9 Å². The van der Waals surface area contributed by atoms with Gasteiger partial charge < -0.3 is 97.0 Å². The molecule has 30 nitrogen and oxygen atoms in total. The highest BCUT2D eigenvalue weighted by atomic mass is 32.3. The van der Waals surface area contributed by atoms with Crippen LogP contribution >= 0.6 is 0 Å². The summed E-state index contributed by atoms with van der Waals surface area (Å²) in [5.41, 5.74) is 6.94. The molecule has 470 valence electrons. The first-order valence-electron chi connectivity index (χ1n) is 27.3. The number of aliphatic hydroxyl groups excluding tert-OH is 8. The summed E-state index contributed by atoms with van der Waals surface area (Å²) in [6.45, 7) is 3.80. The number of nitrogens with one attached hydrogen (secondary N) is 5. The number of unbranched alkanes of at least 4 members (excludes halogenated alkanes) is 2. The van der Waals surface area contributed by atoms with Gasteiger partial charge in [-0.05, 0) is 65.9 Å². The van der Waals surface area contributed by atoms with Crippen LogP contribution in [0.4, 0.5) is 0 Å². The number of rotatable bonds is 18. The lowest BCUT2D eigenvalue weighted by Gasteiger charge is -2.34. The minimum atomic E-state index is -5.35. The minimum Gasteiger partial charge on any atom is -0.504 e. The second-order valence-electron chi connectivity index (χ2n) is 21.3. The summed E-state index contributed by atoms with van der Waals surface area (Å²) in [6, 6.07) is 3.55. The first kappa shape index (κ1) is 67.3. The van der Waals surface area contributed by atoms with Gasteiger partial charge in [-0.15, -0.1) is 0 Å². The molecule has 17 N–H and O–H groups in total. The number of phenols is 1. The number of benzene rings is 3. The molecule has 8 amide bonds. The molecule has 3 aliphatic heterocycles. The van der Waals surface area contributed by atoms with Crippen molar-refractivity contribution in [1.29, 1.82) is 0 Å². The molecule has 3 aliphatic rings. The Balaban J connectivity index is 1.36. The zero-order valence-corrected chi connectivity index (χ0v) is 47.6. The molecule has 0 saturated carbocycles. The summed E-state index contributed by atoms with van der Waals surface area (Å²) < 4.78 is 42.5. The highest BCUT2D eigenvalue weighted by molar-refractivity contribution is 7.81. The van der Waals surface area contributed by atoms with Crippen molar-refractivity contribution in [2.45, 2.75) is 145 Å². The number of amides is 8. The molecule has 3 saturated heterocycles. The Kier molecular flexibility index (Phi) is 23.1. The van der Waals surface area contributed by atoms with E-state index in [2.05, 4.69) is 27.1 Å². The van der Waals surface area contributed by atoms with Crippen molar-refractivity contribution in [3.63, 3.8) is 0 Å². The van der Waals surface area contributed by atoms with E-state index < -0.39 is 198 Å². The Hall–Kier alpha value is -7.85. The van der Waals surface area contributed by atoms with E-state index >= 15 is 0 Å². The number of aromatic hydroxyl groups is 1. The largest absolute Gasteiger partial charge is 0.504 e. The Morgan fingerprint density at radius 2 is 1.40 bits per heavy atom. The number of ether oxygens (including phenoxy) is 1. The molecule has 86 heavy (non-hydrogen) atoms. The Morgan fingerprint density at radius 1 is 0.779 bits per heavy atom. The number of nitrogens with two attached hydrogens (primary N) is 1. The van der Waals surface area contributed by atoms with E-state index in [4.69, 9.17) is 10.5 Å². The van der Waals surface area contributed by atoms with Gasteiger partial charge >= 0.3 is 10.4 Å². The number of fused-ring (bicyclic) bond motifs is 2. The van der Waals surface area contributed by atoms with E-state index in [9.17, 15) is 97.3 Å². The molecular formula is C55H72N8O22S. The molecule has 1 unspecified atom stereocenters. The van der Waals surface area contributed by atoms with Gasteiger partial charge in [0.1, 0.15) is 60.3 Å². The fourth-order valence-corrected chi connectivity index (χ4v) is 10.3. The Morgan fingerprint density at radius 3 is 2.01 bits per heavy atom. The number of phenolic OH excluding ortho intramolecular Hbond substituents is 1. The van der Waals surface area contributed by atoms with Crippen LogP contribution in [0.3, 0.4) is 0 Å². The second kappa shape index (κ2) is 29.5. The lowest BCUT2D eigenvalue weighted by Crippen LogP contribution is -2.64. The van der Waals surface area contributed by atoms with Crippen LogP contribution in [0.2, 0.25) is 0 Å². The summed E-state index contributed by atoms with van der Waals surface area (Å²) in [5.74, 6) is -13.1. The maximum absolute atomic E-state index is 14.6. The molecule has 0 spiro atoms. The standard InChI is InChI=1S/C55H72N8O22S/c1-4-5-6-19-84-33-15-12-30(13-16-33)29-10-7-28(8-11-29)9-18-41(70)57-34-22-38(68)51(76)61-53(78)45-46(71)26(2)24-63(45)55(80)43(37(67)23-40(56)69)59-52(77)44(48(73)47(72)31-14-17-36(66)39(20-31)85-86(81,82)83)60-50(75)35-21-32(65)25-62(35)54(79)42(27(3)64)58-49(34)74/h7-18,20,26-27,32,34-35,37-38,42-48,51,64-68,71-73,76H,4-6,19,21-25H2,1-3H3,(H2,56,69)(H,57,70)(H,58,74)(H,59,77)(H,60,75)(H,61,78)(H,81,82,83)/b18-9+/t26-,27+,32+,34+,35-,37+,38+,42?,43-,44-,45-,46-,47-,48-,51+/m0/s1. The molecule has 0 bridgehead atoms. The van der Waals surface area contributed by atoms with Crippen LogP contribution in [0, 0.1) is 5.92 Å². The van der Waals surface area contributed by atoms with Gasteiger partial charge in [-0.25, -0.2) is 0 Å². The predicted octanol–water partition coefficient (Wildman–Crippen LogP) is -4.16. The number of carbonyl (C=O) groups excluding carboxylic acids is 8. The zero-order chi connectivity index (χ0) is 63.5. The van der Waals surface area contributed by atoms with Gasteiger partial charge in [0, 0.05) is 37.9 Å². The number of aliphatic hydroxyl groups is 8. The molecule has 31 heteroatoms. The Bertz CT molecular complexity index is 3080. The van der Waals surface area contributed by atoms with E-state index in [-0.39, 0.29) is 0 Å². The lowest BCUT2D eigenvalue weighted by molar-refractivity contribution is -0.149. The van der Waals surface area contributed by atoms with Crippen molar-refractivity contribution in [2.24, 2.45) is 11.7 Å². The highest BCUT2D eigenvalue weighted by Crippen LogP contribution is 2.33. The Labute approximate surface area is 492 Å². The monoisotopic (exact) mass is 1230 g/mol. The van der Waals surface area contributed by atoms with E-state index in [1.54, 1.807) is 24.3 Å². The minimum absolute atomic E-state index is 0.502. The number of nitrogens with zero attached hydrogens (tertiary/aromatic N) is 2. The topological polar surface area (TPSA) is 484 Å². The van der Waals surface area contributed by atoms with Crippen molar-refractivity contribution >= 4 is 63.7 Å². The maximum atomic E-state index is 14.6. The molecule has 0 aromatic heterocycles. The number of carbonyl (C=O) groups is 8. The van der Waals surface area contributed by atoms with Gasteiger partial charge in [0.05, 0.1) is 37.4 Å². The second-order valence-corrected chi connectivity index (χ2v) is 22.3. The summed E-state index contributed by atoms with van der Waals surface area (Å²) in [5, 5.41) is 112. The van der Waals surface area contributed by atoms with Gasteiger partial charge in [-0.3, -0.25) is 42.9 Å². The summed E-state index contributed by atoms with van der Waals surface area (Å²) >= 11 is 0. The van der Waals surface area contributed by atoms with Gasteiger partial charge in [-0.1, -0.05) is 69.2 Å². The molecule has 3 heterocycles. The van der Waals surface area contributed by atoms with E-state index in [1.165, 1.54) is 13.0 Å². The quantitative estimate of drug-likeness (QED) is 0.0326. The number of hydrogen-bond acceptors (Lipinski definition) is 21. The van der Waals surface area contributed by atoms with Crippen molar-refractivity contribution < 1.29 is 106 Å². The molecule has 3 aromatic carbocycles. The molecule has 3 fully saturated rings. The summed E-state index contributed by atoms with van der Waals surface area (Å²) in [7, 11) is -5.35. The molecule has 15 atom stereocenters. The predicted molar refractivity (Wildman–Crippen MR) is 298 cm³/mol. The van der Waals surface area contributed by atoms with Crippen LogP contribution in [0.1, 0.15) is 76.5 Å². The van der Waals surface area contributed by atoms with E-state index in [1.807, 2.05) is 34.9 Å². The van der Waals surface area contributed by atoms with Gasteiger partial charge in [0.15, 0.2) is 17.7 Å². The van der Waals surface area contributed by atoms with Crippen LogP contribution in [0.5, 0.6) is 17.2 Å². The third kappa shape index (κ3) is 17.4. The molecule has 0 radical (unpaired) electrons. The number of primary amides is 1. The zero-order valence-electron chi connectivity index (χ0n) is 46.8. The molecule has 6 rings (SSSR count). The van der Waals surface area contributed by atoms with Crippen LogP contribution in [-0.4, -0.2) is 215 Å². The van der Waals surface area contributed by atoms with Crippen LogP contribution < -0.4 is 41.2 Å². The normalized spacial score (nSPS) is 27.0. The van der Waals surface area contributed by atoms with Crippen LogP contribution in [0.15, 0.2) is 72.8 Å². The van der Waals surface area contributed by atoms with Gasteiger partial charge in [-0.2, -0.15) is 8.42 Å². The van der Waals surface area contributed by atoms with Crippen molar-refractivity contribution in [3.8, 4) is 28.4 Å². The van der Waals surface area contributed by atoms with Gasteiger partial charge in [0.2, 0.25) is 47.3 Å². The smallest absolute Gasteiger partial charge is 0.446 e. The first-order valence-corrected chi connectivity index (χ1v) is 28.7. The van der Waals surface area contributed by atoms with Crippen molar-refractivity contribution in [1.82, 2.24) is 36.4 Å². The molecule has 3 aromatic rings. The summed E-state index contributed by atoms with van der Waals surface area (Å²) in [6.07, 6.45) is -14.7. The summed E-state index contributed by atoms with van der Waals surface area (Å²) in [4.78, 5) is 114. The highest BCUT2D eigenvalue weighted by Gasteiger charge is 2.51. The van der Waals surface area contributed by atoms with E-state index in [0.29, 0.717) is 33.8 Å². The molecule has 0 aliphatic carbocycles.